The standard InChI is InChI=1S/C23H34NO4S2/c1-14(2)18-8-16(12-28-7)9-19(15(3)4)20(18)11-21(25)24-30(27)22-10-17(13-29-22)23(5,6)26/h8-10,14-15,17,26H,11-13H2,1-7H3/q-1. The molecule has 0 saturated carbocycles. The van der Waals surface area contributed by atoms with Crippen LogP contribution in [0.25, 0.3) is 0 Å². The second-order valence-corrected chi connectivity index (χ2v) is 11.4. The van der Waals surface area contributed by atoms with Gasteiger partial charge in [0, 0.05) is 18.8 Å². The fourth-order valence-corrected chi connectivity index (χ4v) is 5.98. The molecule has 0 bridgehead atoms. The summed E-state index contributed by atoms with van der Waals surface area (Å²) in [6.45, 7) is 12.4. The summed E-state index contributed by atoms with van der Waals surface area (Å²) >= 11 is 1.40. The SMILES string of the molecule is COCc1cc(C(C)C)c(CC(=O)N=[S-](=O)C2=CC(C(C)(C)O)CS2)c(C(C)C)c1. The Hall–Kier alpha value is -1.15. The molecule has 168 valence electrons. The number of ether oxygens (including phenoxy) is 1. The highest BCUT2D eigenvalue weighted by Gasteiger charge is 2.28. The number of amides is 1. The number of hydrogen-bond donors (Lipinski definition) is 1. The zero-order valence-electron chi connectivity index (χ0n) is 19.0. The third-order valence-corrected chi connectivity index (χ3v) is 7.85. The molecule has 0 fully saturated rings. The Balaban J connectivity index is 2.34. The highest BCUT2D eigenvalue weighted by atomic mass is 32.2. The molecule has 0 spiro atoms. The number of hydrogen-bond acceptors (Lipinski definition) is 6. The van der Waals surface area contributed by atoms with Crippen molar-refractivity contribution in [2.45, 2.75) is 72.0 Å². The zero-order valence-corrected chi connectivity index (χ0v) is 20.7. The molecule has 1 heterocycles. The van der Waals surface area contributed by atoms with E-state index >= 15 is 0 Å². The minimum atomic E-state index is -1.73. The Morgan fingerprint density at radius 3 is 2.27 bits per heavy atom. The van der Waals surface area contributed by atoms with E-state index in [0.717, 1.165) is 22.3 Å². The van der Waals surface area contributed by atoms with Crippen LogP contribution in [-0.4, -0.2) is 29.5 Å². The molecule has 2 rings (SSSR count). The molecule has 1 amide bonds. The molecule has 1 aliphatic rings. The molecule has 1 aromatic rings. The lowest BCUT2D eigenvalue weighted by molar-refractivity contribution is -0.117. The predicted octanol–water partition coefficient (Wildman–Crippen LogP) is 5.27. The molecule has 0 aliphatic carbocycles. The Kier molecular flexibility index (Phi) is 8.74. The van der Waals surface area contributed by atoms with Gasteiger partial charge in [-0.2, -0.15) is 11.8 Å². The first-order valence-corrected chi connectivity index (χ1v) is 12.4. The number of methoxy groups -OCH3 is 1. The molecule has 1 aliphatic heterocycles. The molecule has 0 saturated heterocycles. The number of thioether (sulfide) groups is 1. The first-order valence-electron chi connectivity index (χ1n) is 10.3. The van der Waals surface area contributed by atoms with E-state index in [1.807, 2.05) is 0 Å². The summed E-state index contributed by atoms with van der Waals surface area (Å²) in [5.74, 6) is 0.649. The number of aliphatic hydroxyl groups is 1. The first-order chi connectivity index (χ1) is 13.9. The van der Waals surface area contributed by atoms with Crippen molar-refractivity contribution >= 4 is 28.3 Å². The Bertz CT molecular complexity index is 862. The second-order valence-electron chi connectivity index (χ2n) is 8.96. The van der Waals surface area contributed by atoms with Gasteiger partial charge in [0.05, 0.1) is 18.6 Å². The number of nitrogens with zero attached hydrogens (tertiary/aromatic N) is 1. The Morgan fingerprint density at radius 2 is 1.83 bits per heavy atom. The van der Waals surface area contributed by atoms with Gasteiger partial charge in [-0.05, 0) is 47.9 Å². The zero-order chi connectivity index (χ0) is 22.6. The van der Waals surface area contributed by atoms with E-state index < -0.39 is 16.2 Å². The van der Waals surface area contributed by atoms with Crippen LogP contribution in [0.4, 0.5) is 0 Å². The minimum Gasteiger partial charge on any atom is -0.439 e. The van der Waals surface area contributed by atoms with Crippen LogP contribution < -0.4 is 0 Å². The first kappa shape index (κ1) is 25.1. The topological polar surface area (TPSA) is 76.0 Å². The summed E-state index contributed by atoms with van der Waals surface area (Å²) in [5.41, 5.74) is 3.41. The fraction of sp³-hybridized carbons (Fsp3) is 0.609. The molecule has 1 atom stereocenters. The number of carbonyl (C=O) groups excluding carboxylic acids is 1. The van der Waals surface area contributed by atoms with Crippen LogP contribution in [0.15, 0.2) is 26.8 Å². The van der Waals surface area contributed by atoms with E-state index in [0.29, 0.717) is 16.6 Å². The molecule has 7 heteroatoms. The quantitative estimate of drug-likeness (QED) is 0.544. The van der Waals surface area contributed by atoms with Gasteiger partial charge in [-0.25, -0.2) is 0 Å². The molecule has 1 N–H and O–H groups in total. The molecular formula is C23H34NO4S2-. The van der Waals surface area contributed by atoms with Crippen molar-refractivity contribution in [2.75, 3.05) is 12.9 Å². The number of carbonyl (C=O) groups is 1. The van der Waals surface area contributed by atoms with Gasteiger partial charge in [-0.1, -0.05) is 50.1 Å². The third-order valence-electron chi connectivity index (χ3n) is 5.27. The van der Waals surface area contributed by atoms with Crippen molar-refractivity contribution < 1.29 is 18.8 Å². The Labute approximate surface area is 186 Å². The molecular weight excluding hydrogens is 418 g/mol. The van der Waals surface area contributed by atoms with E-state index in [1.54, 1.807) is 27.0 Å². The molecule has 1 aromatic carbocycles. The highest BCUT2D eigenvalue weighted by molar-refractivity contribution is 8.14. The van der Waals surface area contributed by atoms with Crippen molar-refractivity contribution in [3.63, 3.8) is 0 Å². The maximum atomic E-state index is 12.7. The van der Waals surface area contributed by atoms with Crippen LogP contribution in [0.1, 0.15) is 75.6 Å². The molecule has 0 aromatic heterocycles. The maximum absolute atomic E-state index is 12.7. The normalized spacial score (nSPS) is 18.3. The monoisotopic (exact) mass is 452 g/mol. The van der Waals surface area contributed by atoms with Crippen LogP contribution in [0, 0.1) is 5.92 Å². The van der Waals surface area contributed by atoms with E-state index in [4.69, 9.17) is 4.74 Å². The van der Waals surface area contributed by atoms with Gasteiger partial charge in [0.25, 0.3) is 0 Å². The highest BCUT2D eigenvalue weighted by Crippen LogP contribution is 2.36. The van der Waals surface area contributed by atoms with E-state index in [9.17, 15) is 14.1 Å². The fourth-order valence-electron chi connectivity index (χ4n) is 3.54. The third kappa shape index (κ3) is 6.42. The summed E-state index contributed by atoms with van der Waals surface area (Å²) in [6.07, 6.45) is 1.92. The second kappa shape index (κ2) is 10.4. The average Bonchev–Trinajstić information content (AvgIpc) is 3.13. The van der Waals surface area contributed by atoms with E-state index in [-0.39, 0.29) is 30.1 Å². The van der Waals surface area contributed by atoms with Crippen molar-refractivity contribution in [1.29, 1.82) is 0 Å². The summed E-state index contributed by atoms with van der Waals surface area (Å²) < 4.78 is 22.5. The van der Waals surface area contributed by atoms with Gasteiger partial charge < -0.3 is 18.4 Å². The van der Waals surface area contributed by atoms with Crippen LogP contribution in [0.3, 0.4) is 0 Å². The van der Waals surface area contributed by atoms with Crippen LogP contribution in [0.5, 0.6) is 0 Å². The lowest BCUT2D eigenvalue weighted by Crippen LogP contribution is -2.29. The van der Waals surface area contributed by atoms with Crippen molar-refractivity contribution in [2.24, 2.45) is 10.3 Å². The van der Waals surface area contributed by atoms with Gasteiger partial charge in [0.2, 0.25) is 5.91 Å². The summed E-state index contributed by atoms with van der Waals surface area (Å²) in [5, 5.41) is 10.2. The molecule has 1 unspecified atom stereocenters. The van der Waals surface area contributed by atoms with Gasteiger partial charge in [0.15, 0.2) is 0 Å². The van der Waals surface area contributed by atoms with Gasteiger partial charge in [0.1, 0.15) is 0 Å². The molecule has 5 nitrogen and oxygen atoms in total. The van der Waals surface area contributed by atoms with E-state index in [2.05, 4.69) is 44.2 Å². The van der Waals surface area contributed by atoms with Crippen LogP contribution in [0.2, 0.25) is 0 Å². The van der Waals surface area contributed by atoms with Gasteiger partial charge in [-0.15, -0.1) is 10.6 Å². The lowest BCUT2D eigenvalue weighted by atomic mass is 9.85. The summed E-state index contributed by atoms with van der Waals surface area (Å²) in [7, 11) is -0.0537. The Morgan fingerprint density at radius 1 is 1.27 bits per heavy atom. The largest absolute Gasteiger partial charge is 0.439 e. The summed E-state index contributed by atoms with van der Waals surface area (Å²) in [4.78, 5) is 12.7. The number of rotatable bonds is 8. The van der Waals surface area contributed by atoms with Crippen molar-refractivity contribution in [3.05, 3.63) is 44.7 Å². The van der Waals surface area contributed by atoms with Gasteiger partial charge >= 0.3 is 0 Å². The summed E-state index contributed by atoms with van der Waals surface area (Å²) in [6, 6.07) is 4.20. The van der Waals surface area contributed by atoms with Crippen LogP contribution >= 0.6 is 11.8 Å². The van der Waals surface area contributed by atoms with Crippen molar-refractivity contribution in [3.8, 4) is 0 Å². The van der Waals surface area contributed by atoms with Crippen LogP contribution in [-0.2, 0) is 37.4 Å². The predicted molar refractivity (Wildman–Crippen MR) is 125 cm³/mol. The van der Waals surface area contributed by atoms with Crippen molar-refractivity contribution in [1.82, 2.24) is 0 Å². The number of benzene rings is 1. The minimum absolute atomic E-state index is 0.0971. The van der Waals surface area contributed by atoms with Gasteiger partial charge in [-0.3, -0.25) is 4.79 Å². The lowest BCUT2D eigenvalue weighted by Gasteiger charge is -2.23. The molecule has 30 heavy (non-hydrogen) atoms. The van der Waals surface area contributed by atoms with E-state index in [1.165, 1.54) is 11.8 Å². The molecule has 0 radical (unpaired) electrons. The smallest absolute Gasteiger partial charge is 0.227 e. The average molecular weight is 453 g/mol. The maximum Gasteiger partial charge on any atom is 0.227 e.